The number of halogens is 3. The molecule has 6 aromatic rings. The number of unbranched alkanes of at least 4 members (excludes halogenated alkanes) is 1. The van der Waals surface area contributed by atoms with Crippen LogP contribution in [0.3, 0.4) is 0 Å². The van der Waals surface area contributed by atoms with E-state index in [-0.39, 0.29) is 53.1 Å². The van der Waals surface area contributed by atoms with Gasteiger partial charge in [0.1, 0.15) is 24.7 Å². The minimum atomic E-state index is -4.44. The molecule has 18 nitrogen and oxygen atoms in total. The maximum atomic E-state index is 13.1. The minimum absolute atomic E-state index is 0.0297. The van der Waals surface area contributed by atoms with Crippen molar-refractivity contribution in [1.29, 1.82) is 0 Å². The Morgan fingerprint density at radius 1 is 0.937 bits per heavy atom. The molecule has 5 N–H and O–H groups in total. The largest absolute Gasteiger partial charge is 0.444 e. The molecular formula is C42H42F3N9O9. The molecule has 1 aliphatic heterocycles. The summed E-state index contributed by atoms with van der Waals surface area (Å²) in [4.78, 5) is 69.6. The number of rotatable bonds is 20. The number of fused-ring (bicyclic) bond motifs is 1. The normalized spacial score (nSPS) is 14.2. The fraction of sp³-hybridized carbons (Fsp3) is 0.333. The highest BCUT2D eigenvalue weighted by molar-refractivity contribution is 6.07. The van der Waals surface area contributed by atoms with E-state index in [9.17, 15) is 37.1 Å². The Balaban J connectivity index is 0.795. The number of nitrogens with two attached hydrogens (primary N) is 1. The number of benzene rings is 2. The number of carbonyl (C=O) groups is 4. The van der Waals surface area contributed by atoms with Crippen molar-refractivity contribution in [3.8, 4) is 17.1 Å². The maximum Gasteiger partial charge on any atom is 0.420 e. The van der Waals surface area contributed by atoms with Gasteiger partial charge in [-0.3, -0.25) is 29.1 Å². The first-order chi connectivity index (χ1) is 30.3. The molecule has 2 aromatic carbocycles. The molecule has 5 heterocycles. The molecule has 1 saturated heterocycles. The van der Waals surface area contributed by atoms with Gasteiger partial charge in [-0.1, -0.05) is 18.2 Å². The van der Waals surface area contributed by atoms with Gasteiger partial charge in [0, 0.05) is 31.4 Å². The molecule has 0 radical (unpaired) electrons. The van der Waals surface area contributed by atoms with Gasteiger partial charge in [-0.25, -0.2) is 19.4 Å². The monoisotopic (exact) mass is 873 g/mol. The number of pyridine rings is 1. The number of aromatic nitrogens is 5. The Morgan fingerprint density at radius 2 is 1.68 bits per heavy atom. The van der Waals surface area contributed by atoms with Gasteiger partial charge in [0.05, 0.1) is 36.3 Å². The number of hydrogen-bond acceptors (Lipinski definition) is 13. The number of ether oxygens (including phenoxy) is 2. The predicted octanol–water partition coefficient (Wildman–Crippen LogP) is 5.12. The van der Waals surface area contributed by atoms with Crippen LogP contribution in [-0.2, 0) is 31.9 Å². The topological polar surface area (TPSA) is 241 Å². The molecule has 0 spiro atoms. The second kappa shape index (κ2) is 19.7. The molecule has 1 aliphatic rings. The molecule has 0 bridgehead atoms. The van der Waals surface area contributed by atoms with E-state index in [2.05, 4.69) is 31.0 Å². The molecule has 21 heteroatoms. The number of alkyl halides is 3. The number of primary amides is 1. The van der Waals surface area contributed by atoms with Crippen LogP contribution in [0.15, 0.2) is 86.9 Å². The zero-order valence-electron chi connectivity index (χ0n) is 33.6. The Kier molecular flexibility index (Phi) is 13.8. The summed E-state index contributed by atoms with van der Waals surface area (Å²) in [5, 5.41) is 11.3. The van der Waals surface area contributed by atoms with Crippen LogP contribution in [0, 0.1) is 0 Å². The van der Waals surface area contributed by atoms with Crippen LogP contribution < -0.4 is 27.4 Å². The van der Waals surface area contributed by atoms with Gasteiger partial charge in [0.2, 0.25) is 17.7 Å². The van der Waals surface area contributed by atoms with Crippen molar-refractivity contribution >= 4 is 46.2 Å². The average Bonchev–Trinajstić information content (AvgIpc) is 4.00. The molecule has 7 rings (SSSR count). The van der Waals surface area contributed by atoms with Gasteiger partial charge in [0.15, 0.2) is 17.0 Å². The number of imide groups is 1. The molecule has 330 valence electrons. The summed E-state index contributed by atoms with van der Waals surface area (Å²) in [7, 11) is 0. The van der Waals surface area contributed by atoms with E-state index >= 15 is 0 Å². The molecular weight excluding hydrogens is 832 g/mol. The second-order valence-corrected chi connectivity index (χ2v) is 14.5. The first kappa shape index (κ1) is 43.9. The van der Waals surface area contributed by atoms with Gasteiger partial charge >= 0.3 is 11.9 Å². The lowest BCUT2D eigenvalue weighted by molar-refractivity contribution is -0.135. The van der Waals surface area contributed by atoms with Gasteiger partial charge in [-0.2, -0.15) is 18.3 Å². The second-order valence-electron chi connectivity index (χ2n) is 14.5. The number of piperidine rings is 1. The van der Waals surface area contributed by atoms with Crippen LogP contribution in [0.25, 0.3) is 28.2 Å². The summed E-state index contributed by atoms with van der Waals surface area (Å²) in [6.45, 7) is 0.722. The highest BCUT2D eigenvalue weighted by Crippen LogP contribution is 2.26. The van der Waals surface area contributed by atoms with E-state index in [1.807, 2.05) is 30.3 Å². The fourth-order valence-electron chi connectivity index (χ4n) is 6.84. The van der Waals surface area contributed by atoms with Crippen molar-refractivity contribution in [2.24, 2.45) is 5.73 Å². The van der Waals surface area contributed by atoms with Crippen LogP contribution in [0.5, 0.6) is 0 Å². The quantitative estimate of drug-likeness (QED) is 0.0576. The highest BCUT2D eigenvalue weighted by atomic mass is 19.4. The van der Waals surface area contributed by atoms with Crippen molar-refractivity contribution in [2.75, 3.05) is 43.6 Å². The third-order valence-corrected chi connectivity index (χ3v) is 9.94. The molecule has 1 atom stereocenters. The smallest absolute Gasteiger partial charge is 0.420 e. The van der Waals surface area contributed by atoms with E-state index in [1.54, 1.807) is 12.1 Å². The molecule has 4 amide bonds. The molecule has 4 aromatic heterocycles. The van der Waals surface area contributed by atoms with E-state index in [1.165, 1.54) is 33.8 Å². The Bertz CT molecular complexity index is 2650. The average molecular weight is 874 g/mol. The molecule has 1 fully saturated rings. The van der Waals surface area contributed by atoms with E-state index < -0.39 is 42.2 Å². The summed E-state index contributed by atoms with van der Waals surface area (Å²) < 4.78 is 62.8. The van der Waals surface area contributed by atoms with Crippen LogP contribution >= 0.6 is 0 Å². The zero-order chi connectivity index (χ0) is 44.5. The molecule has 0 aliphatic carbocycles. The van der Waals surface area contributed by atoms with Gasteiger partial charge in [-0.05, 0) is 86.1 Å². The molecule has 1 unspecified atom stereocenters. The van der Waals surface area contributed by atoms with Crippen LogP contribution in [0.4, 0.5) is 24.7 Å². The predicted molar refractivity (Wildman–Crippen MR) is 219 cm³/mol. The number of nitrogens with one attached hydrogen (secondary N) is 3. The maximum absolute atomic E-state index is 13.1. The van der Waals surface area contributed by atoms with Gasteiger partial charge in [-0.15, -0.1) is 0 Å². The number of carbonyl (C=O) groups excluding carboxylic acids is 4. The van der Waals surface area contributed by atoms with E-state index in [4.69, 9.17) is 24.0 Å². The summed E-state index contributed by atoms with van der Waals surface area (Å²) in [6.07, 6.45) is 3.69. The van der Waals surface area contributed by atoms with E-state index in [0.717, 1.165) is 43.1 Å². The third-order valence-electron chi connectivity index (χ3n) is 9.94. The van der Waals surface area contributed by atoms with Gasteiger partial charge in [0.25, 0.3) is 11.8 Å². The third kappa shape index (κ3) is 11.4. The lowest BCUT2D eigenvalue weighted by Gasteiger charge is -2.21. The van der Waals surface area contributed by atoms with Gasteiger partial charge < -0.3 is 34.7 Å². The fourth-order valence-corrected chi connectivity index (χ4v) is 6.84. The number of anilines is 2. The first-order valence-electron chi connectivity index (χ1n) is 20.0. The van der Waals surface area contributed by atoms with Crippen LogP contribution in [-0.4, -0.2) is 87.1 Å². The standard InChI is InChI=1S/C42H42F3N9O9/c43-42(44,45)24-48-34-21-27(14-15-47-34)40-50-30(23-62-40)38(57)49-29-22-53(52-36(29)37(46)56)28-9-6-25(7-10-28)4-1-2-16-60-18-19-61-17-3-5-26-8-11-31-33(20-26)63-41(59)54(31)32-12-13-35(55)51-39(32)58/h6-11,14-15,20-23,32H,1-5,12-13,16-19,24H2,(H2,46,56)(H,47,48)(H,49,57)(H,51,55,58). The van der Waals surface area contributed by atoms with Crippen LogP contribution in [0.2, 0.25) is 0 Å². The Morgan fingerprint density at radius 3 is 2.43 bits per heavy atom. The number of nitrogens with zero attached hydrogens (tertiary/aromatic N) is 5. The first-order valence-corrected chi connectivity index (χ1v) is 20.0. The molecule has 0 saturated carbocycles. The minimum Gasteiger partial charge on any atom is -0.444 e. The van der Waals surface area contributed by atoms with Crippen LogP contribution in [0.1, 0.15) is 70.2 Å². The Hall–Kier alpha value is -7.13. The van der Waals surface area contributed by atoms with Crippen molar-refractivity contribution in [3.05, 3.63) is 106 Å². The SMILES string of the molecule is NC(=O)c1nn(-c2ccc(CCCCOCCOCCCc3ccc4c(c3)oc(=O)n4C3CCC(=O)NC3=O)cc2)cc1NC(=O)c1coc(-c2ccnc(NCC(F)(F)F)c2)n1. The number of hydrogen-bond donors (Lipinski definition) is 4. The summed E-state index contributed by atoms with van der Waals surface area (Å²) in [6, 6.07) is 14.9. The highest BCUT2D eigenvalue weighted by Gasteiger charge is 2.31. The summed E-state index contributed by atoms with van der Waals surface area (Å²) in [5.41, 5.74) is 9.04. The number of amides is 4. The summed E-state index contributed by atoms with van der Waals surface area (Å²) >= 11 is 0. The van der Waals surface area contributed by atoms with Crippen molar-refractivity contribution in [3.63, 3.8) is 0 Å². The van der Waals surface area contributed by atoms with Crippen molar-refractivity contribution < 1.29 is 50.7 Å². The van der Waals surface area contributed by atoms with E-state index in [0.29, 0.717) is 49.6 Å². The Labute approximate surface area is 355 Å². The van der Waals surface area contributed by atoms with Crippen molar-refractivity contribution in [1.82, 2.24) is 29.6 Å². The number of aryl methyl sites for hydroxylation is 2. The van der Waals surface area contributed by atoms with Crippen molar-refractivity contribution in [2.45, 2.75) is 57.2 Å². The molecule has 63 heavy (non-hydrogen) atoms. The zero-order valence-corrected chi connectivity index (χ0v) is 33.6. The lowest BCUT2D eigenvalue weighted by atomic mass is 10.1. The summed E-state index contributed by atoms with van der Waals surface area (Å²) in [5.74, 6) is -3.23. The number of oxazole rings is 2. The lowest BCUT2D eigenvalue weighted by Crippen LogP contribution is -2.43.